The Kier molecular flexibility index (Phi) is 1.98. The predicted molar refractivity (Wildman–Crippen MR) is 84.3 cm³/mol. The van der Waals surface area contributed by atoms with Crippen molar-refractivity contribution < 1.29 is 14.3 Å². The van der Waals surface area contributed by atoms with Gasteiger partial charge in [-0.05, 0) is 18.2 Å². The van der Waals surface area contributed by atoms with Gasteiger partial charge in [-0.1, -0.05) is 36.4 Å². The summed E-state index contributed by atoms with van der Waals surface area (Å²) < 4.78 is 5.95. The van der Waals surface area contributed by atoms with Crippen LogP contribution in [0.2, 0.25) is 0 Å². The number of carbonyl (C=O) groups is 1. The molecule has 0 amide bonds. The van der Waals surface area contributed by atoms with E-state index in [-0.39, 0.29) is 11.5 Å². The number of para-hydroxylation sites is 1. The first-order valence-electron chi connectivity index (χ1n) is 7.07. The van der Waals surface area contributed by atoms with Gasteiger partial charge in [-0.3, -0.25) is 4.79 Å². The Bertz CT molecular complexity index is 1100. The molecular formula is C19H10O3. The maximum absolute atomic E-state index is 12.9. The van der Waals surface area contributed by atoms with Gasteiger partial charge in [0.05, 0.1) is 5.56 Å². The highest BCUT2D eigenvalue weighted by molar-refractivity contribution is 6.29. The summed E-state index contributed by atoms with van der Waals surface area (Å²) in [7, 11) is 0. The van der Waals surface area contributed by atoms with E-state index in [0.717, 1.165) is 16.3 Å². The molecule has 3 aromatic carbocycles. The van der Waals surface area contributed by atoms with Crippen LogP contribution in [0.5, 0.6) is 5.75 Å². The van der Waals surface area contributed by atoms with Crippen LogP contribution in [0.1, 0.15) is 15.9 Å². The number of fused-ring (bicyclic) bond motifs is 4. The van der Waals surface area contributed by atoms with Crippen LogP contribution in [0.25, 0.3) is 33.1 Å². The summed E-state index contributed by atoms with van der Waals surface area (Å²) in [5, 5.41) is 12.3. The Morgan fingerprint density at radius 2 is 1.64 bits per heavy atom. The molecule has 0 spiro atoms. The molecule has 0 aliphatic heterocycles. The van der Waals surface area contributed by atoms with Crippen LogP contribution in [0.4, 0.5) is 0 Å². The van der Waals surface area contributed by atoms with E-state index in [9.17, 15) is 9.90 Å². The van der Waals surface area contributed by atoms with E-state index in [0.29, 0.717) is 27.9 Å². The molecule has 104 valence electrons. The summed E-state index contributed by atoms with van der Waals surface area (Å²) in [6.45, 7) is 0. The fourth-order valence-corrected chi connectivity index (χ4v) is 3.36. The smallest absolute Gasteiger partial charge is 0.198 e. The molecule has 0 fully saturated rings. The van der Waals surface area contributed by atoms with Crippen LogP contribution >= 0.6 is 0 Å². The maximum atomic E-state index is 12.9. The number of phenols is 1. The molecule has 0 bridgehead atoms. The van der Waals surface area contributed by atoms with Crippen molar-refractivity contribution in [1.29, 1.82) is 0 Å². The summed E-state index contributed by atoms with van der Waals surface area (Å²) in [5.74, 6) is 0.714. The standard InChI is InChI=1S/C19H10O3/c20-14-9-8-13-16-10(14)5-3-6-12(16)18(21)17-11-4-1-2-7-15(11)22-19(13)17/h1-9,20H. The lowest BCUT2D eigenvalue weighted by Gasteiger charge is -2.16. The number of phenolic OH excluding ortho intramolecular Hbond substituents is 1. The Hall–Kier alpha value is -3.07. The molecule has 3 heteroatoms. The van der Waals surface area contributed by atoms with E-state index >= 15 is 0 Å². The van der Waals surface area contributed by atoms with Gasteiger partial charge in [0.15, 0.2) is 5.78 Å². The van der Waals surface area contributed by atoms with E-state index in [4.69, 9.17) is 4.42 Å². The Balaban J connectivity index is 2.05. The third-order valence-electron chi connectivity index (χ3n) is 4.33. The minimum absolute atomic E-state index is 0.0522. The van der Waals surface area contributed by atoms with Gasteiger partial charge in [0.25, 0.3) is 0 Å². The average molecular weight is 286 g/mol. The van der Waals surface area contributed by atoms with Crippen molar-refractivity contribution in [3.8, 4) is 17.1 Å². The molecule has 22 heavy (non-hydrogen) atoms. The minimum Gasteiger partial charge on any atom is -0.507 e. The van der Waals surface area contributed by atoms with Crippen molar-refractivity contribution in [2.75, 3.05) is 0 Å². The number of aromatic hydroxyl groups is 1. The largest absolute Gasteiger partial charge is 0.507 e. The lowest BCUT2D eigenvalue weighted by atomic mass is 9.85. The van der Waals surface area contributed by atoms with Gasteiger partial charge in [-0.25, -0.2) is 0 Å². The highest BCUT2D eigenvalue weighted by Gasteiger charge is 2.31. The normalized spacial score (nSPS) is 12.8. The fourth-order valence-electron chi connectivity index (χ4n) is 3.36. The van der Waals surface area contributed by atoms with Crippen molar-refractivity contribution in [2.45, 2.75) is 0 Å². The van der Waals surface area contributed by atoms with Gasteiger partial charge in [0.1, 0.15) is 17.1 Å². The maximum Gasteiger partial charge on any atom is 0.198 e. The Morgan fingerprint density at radius 3 is 2.55 bits per heavy atom. The lowest BCUT2D eigenvalue weighted by Crippen LogP contribution is -2.08. The van der Waals surface area contributed by atoms with Crippen LogP contribution in [0, 0.1) is 0 Å². The van der Waals surface area contributed by atoms with Gasteiger partial charge in [0.2, 0.25) is 0 Å². The second-order valence-corrected chi connectivity index (χ2v) is 5.49. The minimum atomic E-state index is -0.0522. The molecule has 5 rings (SSSR count). The van der Waals surface area contributed by atoms with Crippen LogP contribution in [0.3, 0.4) is 0 Å². The predicted octanol–water partition coefficient (Wildman–Crippen LogP) is 4.50. The zero-order chi connectivity index (χ0) is 14.8. The number of hydrogen-bond donors (Lipinski definition) is 1. The highest BCUT2D eigenvalue weighted by atomic mass is 16.3. The number of hydrogen-bond acceptors (Lipinski definition) is 3. The van der Waals surface area contributed by atoms with Gasteiger partial charge in [-0.2, -0.15) is 0 Å². The van der Waals surface area contributed by atoms with Crippen molar-refractivity contribution in [3.05, 3.63) is 65.7 Å². The van der Waals surface area contributed by atoms with Gasteiger partial charge in [0, 0.05) is 27.3 Å². The van der Waals surface area contributed by atoms with Crippen LogP contribution < -0.4 is 0 Å². The van der Waals surface area contributed by atoms with E-state index in [2.05, 4.69) is 0 Å². The van der Waals surface area contributed by atoms with Crippen molar-refractivity contribution in [1.82, 2.24) is 0 Å². The molecule has 4 aromatic rings. The molecule has 1 heterocycles. The highest BCUT2D eigenvalue weighted by Crippen LogP contribution is 2.45. The number of benzene rings is 3. The SMILES string of the molecule is O=C1c2c(oc3ccccc23)-c2ccc(O)c3cccc1c23. The van der Waals surface area contributed by atoms with Crippen LogP contribution in [0.15, 0.2) is 59.0 Å². The molecule has 3 nitrogen and oxygen atoms in total. The summed E-state index contributed by atoms with van der Waals surface area (Å²) >= 11 is 0. The first-order chi connectivity index (χ1) is 10.8. The summed E-state index contributed by atoms with van der Waals surface area (Å²) in [6.07, 6.45) is 0. The number of rotatable bonds is 0. The quantitative estimate of drug-likeness (QED) is 0.456. The van der Waals surface area contributed by atoms with Crippen LogP contribution in [-0.4, -0.2) is 10.9 Å². The van der Waals surface area contributed by atoms with Crippen molar-refractivity contribution in [3.63, 3.8) is 0 Å². The molecule has 1 aromatic heterocycles. The Morgan fingerprint density at radius 1 is 0.818 bits per heavy atom. The first kappa shape index (κ1) is 11.6. The van der Waals surface area contributed by atoms with Crippen molar-refractivity contribution in [2.24, 2.45) is 0 Å². The second-order valence-electron chi connectivity index (χ2n) is 5.49. The first-order valence-corrected chi connectivity index (χ1v) is 7.07. The van der Waals surface area contributed by atoms with Gasteiger partial charge < -0.3 is 9.52 Å². The summed E-state index contributed by atoms with van der Waals surface area (Å²) in [4.78, 5) is 12.9. The van der Waals surface area contributed by atoms with E-state index in [1.165, 1.54) is 0 Å². The fraction of sp³-hybridized carbons (Fsp3) is 0. The van der Waals surface area contributed by atoms with E-state index in [1.54, 1.807) is 18.2 Å². The van der Waals surface area contributed by atoms with Crippen molar-refractivity contribution >= 4 is 27.5 Å². The molecule has 0 unspecified atom stereocenters. The van der Waals surface area contributed by atoms with Crippen LogP contribution in [-0.2, 0) is 0 Å². The number of furan rings is 1. The number of carbonyl (C=O) groups excluding carboxylic acids is 1. The molecule has 0 saturated carbocycles. The zero-order valence-corrected chi connectivity index (χ0v) is 11.5. The molecule has 1 N–H and O–H groups in total. The molecular weight excluding hydrogens is 276 g/mol. The molecule has 0 radical (unpaired) electrons. The average Bonchev–Trinajstić information content (AvgIpc) is 2.93. The zero-order valence-electron chi connectivity index (χ0n) is 11.5. The Labute approximate surface area is 125 Å². The molecule has 0 atom stereocenters. The van der Waals surface area contributed by atoms with Gasteiger partial charge in [-0.15, -0.1) is 0 Å². The number of ketones is 1. The lowest BCUT2D eigenvalue weighted by molar-refractivity contribution is 0.104. The molecule has 0 saturated heterocycles. The summed E-state index contributed by atoms with van der Waals surface area (Å²) in [5.41, 5.74) is 2.79. The third kappa shape index (κ3) is 1.24. The molecule has 1 aliphatic rings. The molecule has 1 aliphatic carbocycles. The topological polar surface area (TPSA) is 50.4 Å². The van der Waals surface area contributed by atoms with E-state index < -0.39 is 0 Å². The van der Waals surface area contributed by atoms with Gasteiger partial charge >= 0.3 is 0 Å². The third-order valence-corrected chi connectivity index (χ3v) is 4.33. The second kappa shape index (κ2) is 3.77. The summed E-state index contributed by atoms with van der Waals surface area (Å²) in [6, 6.07) is 16.4. The monoisotopic (exact) mass is 286 g/mol. The van der Waals surface area contributed by atoms with E-state index in [1.807, 2.05) is 36.4 Å².